The van der Waals surface area contributed by atoms with Crippen LogP contribution < -0.4 is 21.1 Å². The van der Waals surface area contributed by atoms with Gasteiger partial charge in [-0.05, 0) is 60.2 Å². The number of amides is 1. The Morgan fingerprint density at radius 2 is 1.56 bits per heavy atom. The summed E-state index contributed by atoms with van der Waals surface area (Å²) < 4.78 is 11.1. The fraction of sp³-hybridized carbons (Fsp3) is 0.333. The molecule has 0 radical (unpaired) electrons. The number of carbonyl (C=O) groups excluding carboxylic acids is 1. The lowest BCUT2D eigenvalue weighted by molar-refractivity contribution is 0.102. The maximum atomic E-state index is 13.5. The van der Waals surface area contributed by atoms with Gasteiger partial charge in [-0.1, -0.05) is 81.4 Å². The first kappa shape index (κ1) is 30.7. The minimum atomic E-state index is -2.67. The third-order valence-electron chi connectivity index (χ3n) is 9.07. The van der Waals surface area contributed by atoms with Crippen molar-refractivity contribution in [3.63, 3.8) is 0 Å². The summed E-state index contributed by atoms with van der Waals surface area (Å²) in [5.41, 5.74) is 1.16. The second-order valence-electron chi connectivity index (χ2n) is 13.1. The summed E-state index contributed by atoms with van der Waals surface area (Å²) in [7, 11) is -0.911. The highest BCUT2D eigenvalue weighted by molar-refractivity contribution is 6.99. The molecule has 2 aromatic carbocycles. The molecule has 1 amide bonds. The third kappa shape index (κ3) is 5.78. The number of carbonyl (C=O) groups is 1. The average Bonchev–Trinajstić information content (AvgIpc) is 3.36. The quantitative estimate of drug-likeness (QED) is 0.234. The monoisotopic (exact) mass is 619 g/mol. The van der Waals surface area contributed by atoms with E-state index in [4.69, 9.17) is 4.43 Å². The van der Waals surface area contributed by atoms with Gasteiger partial charge in [-0.25, -0.2) is 4.98 Å². The molecule has 0 bridgehead atoms. The van der Waals surface area contributed by atoms with Crippen LogP contribution in [0.5, 0.6) is 0 Å². The second-order valence-corrected chi connectivity index (χ2v) is 17.4. The van der Waals surface area contributed by atoms with Gasteiger partial charge in [0, 0.05) is 37.7 Å². The van der Waals surface area contributed by atoms with Crippen molar-refractivity contribution < 1.29 is 9.22 Å². The molecule has 0 saturated heterocycles. The van der Waals surface area contributed by atoms with E-state index in [-0.39, 0.29) is 28.2 Å². The Morgan fingerprint density at radius 3 is 2.11 bits per heavy atom. The van der Waals surface area contributed by atoms with Crippen molar-refractivity contribution in [2.24, 2.45) is 7.05 Å². The van der Waals surface area contributed by atoms with E-state index in [1.54, 1.807) is 42.3 Å². The number of benzene rings is 2. The second kappa shape index (κ2) is 12.2. The SMILES string of the molecule is Cc1cc(NC(=O)c2cn([C@H]3CC[C@H](O[Si](c4ccccc4)(c4ccccc4)C(C)(C)C)CC3)c3ncccc3c2=O)n(C)n1. The Balaban J connectivity index is 1.31. The molecule has 0 atom stereocenters. The number of nitrogens with one attached hydrogen (secondary N) is 1. The standard InChI is InChI=1S/C36H41N5O3Si/c1-25-23-32(40(5)39-25)38-35(43)31-24-41(34-30(33(31)42)17-12-22-37-34)26-18-20-27(21-19-26)44-45(36(2,3)4,28-13-8-6-9-14-28)29-15-10-7-11-16-29/h6-17,22-24,26-27H,18-21H2,1-5H3,(H,38,43)/t26-,27-. The number of rotatable bonds is 7. The molecule has 1 N–H and O–H groups in total. The van der Waals surface area contributed by atoms with Gasteiger partial charge in [-0.2, -0.15) is 5.10 Å². The number of aromatic nitrogens is 4. The van der Waals surface area contributed by atoms with Crippen molar-refractivity contribution in [2.45, 2.75) is 70.6 Å². The van der Waals surface area contributed by atoms with Crippen LogP contribution in [0.1, 0.15) is 68.5 Å². The topological polar surface area (TPSA) is 91.0 Å². The lowest BCUT2D eigenvalue weighted by atomic mass is 9.92. The molecule has 232 valence electrons. The normalized spacial score (nSPS) is 17.4. The van der Waals surface area contributed by atoms with Gasteiger partial charge in [-0.15, -0.1) is 0 Å². The Labute approximate surface area is 265 Å². The van der Waals surface area contributed by atoms with Gasteiger partial charge in [0.05, 0.1) is 11.1 Å². The summed E-state index contributed by atoms with van der Waals surface area (Å²) in [6, 6.07) is 26.9. The molecule has 1 aliphatic rings. The van der Waals surface area contributed by atoms with Crippen LogP contribution in [-0.2, 0) is 11.5 Å². The van der Waals surface area contributed by atoms with E-state index < -0.39 is 14.2 Å². The van der Waals surface area contributed by atoms with Crippen molar-refractivity contribution in [3.8, 4) is 0 Å². The number of fused-ring (bicyclic) bond motifs is 1. The Kier molecular flexibility index (Phi) is 8.33. The van der Waals surface area contributed by atoms with Gasteiger partial charge in [0.25, 0.3) is 14.2 Å². The van der Waals surface area contributed by atoms with E-state index in [1.807, 2.05) is 11.5 Å². The van der Waals surface area contributed by atoms with Gasteiger partial charge >= 0.3 is 0 Å². The summed E-state index contributed by atoms with van der Waals surface area (Å²) in [4.78, 5) is 31.6. The van der Waals surface area contributed by atoms with Crippen molar-refractivity contribution in [1.29, 1.82) is 0 Å². The van der Waals surface area contributed by atoms with E-state index >= 15 is 0 Å². The van der Waals surface area contributed by atoms with Crippen LogP contribution in [0.25, 0.3) is 11.0 Å². The van der Waals surface area contributed by atoms with E-state index in [0.29, 0.717) is 16.9 Å². The first-order valence-corrected chi connectivity index (χ1v) is 17.6. The number of hydrogen-bond donors (Lipinski definition) is 1. The molecule has 1 saturated carbocycles. The fourth-order valence-electron chi connectivity index (χ4n) is 6.92. The molecule has 0 spiro atoms. The molecule has 1 fully saturated rings. The van der Waals surface area contributed by atoms with Crippen LogP contribution in [0.3, 0.4) is 0 Å². The lowest BCUT2D eigenvalue weighted by Gasteiger charge is -2.46. The number of aryl methyl sites for hydroxylation is 2. The van der Waals surface area contributed by atoms with Gasteiger partial charge in [-0.3, -0.25) is 14.3 Å². The van der Waals surface area contributed by atoms with Crippen LogP contribution in [-0.4, -0.2) is 39.7 Å². The van der Waals surface area contributed by atoms with E-state index in [2.05, 4.69) is 96.8 Å². The number of anilines is 1. The summed E-state index contributed by atoms with van der Waals surface area (Å²) >= 11 is 0. The molecule has 1 aliphatic carbocycles. The Bertz CT molecular complexity index is 1830. The largest absolute Gasteiger partial charge is 0.404 e. The summed E-state index contributed by atoms with van der Waals surface area (Å²) in [6.45, 7) is 8.78. The lowest BCUT2D eigenvalue weighted by Crippen LogP contribution is -2.67. The van der Waals surface area contributed by atoms with E-state index in [1.165, 1.54) is 10.4 Å². The maximum Gasteiger partial charge on any atom is 0.262 e. The van der Waals surface area contributed by atoms with Crippen LogP contribution in [0.4, 0.5) is 5.82 Å². The molecular formula is C36H41N5O3Si. The molecule has 0 aliphatic heterocycles. The highest BCUT2D eigenvalue weighted by Gasteiger charge is 2.51. The third-order valence-corrected chi connectivity index (χ3v) is 14.2. The maximum absolute atomic E-state index is 13.5. The molecular weight excluding hydrogens is 579 g/mol. The molecule has 8 nitrogen and oxygen atoms in total. The van der Waals surface area contributed by atoms with Crippen molar-refractivity contribution in [1.82, 2.24) is 19.3 Å². The van der Waals surface area contributed by atoms with Crippen molar-refractivity contribution in [2.75, 3.05) is 5.32 Å². The van der Waals surface area contributed by atoms with E-state index in [0.717, 1.165) is 31.4 Å². The minimum absolute atomic E-state index is 0.0764. The summed E-state index contributed by atoms with van der Waals surface area (Å²) in [5.74, 6) is 0.0851. The number of pyridine rings is 2. The van der Waals surface area contributed by atoms with Crippen LogP contribution in [0, 0.1) is 6.92 Å². The summed E-state index contributed by atoms with van der Waals surface area (Å²) in [5, 5.41) is 10.1. The first-order valence-electron chi connectivity index (χ1n) is 15.7. The van der Waals surface area contributed by atoms with Gasteiger partial charge < -0.3 is 14.3 Å². The molecule has 3 heterocycles. The fourth-order valence-corrected chi connectivity index (χ4v) is 11.7. The molecule has 9 heteroatoms. The van der Waals surface area contributed by atoms with Gasteiger partial charge in [0.2, 0.25) is 5.43 Å². The number of hydrogen-bond acceptors (Lipinski definition) is 5. The van der Waals surface area contributed by atoms with Crippen molar-refractivity contribution >= 4 is 41.4 Å². The average molecular weight is 620 g/mol. The number of nitrogens with zero attached hydrogens (tertiary/aromatic N) is 4. The Morgan fingerprint density at radius 1 is 0.933 bits per heavy atom. The molecule has 0 unspecified atom stereocenters. The highest BCUT2D eigenvalue weighted by Crippen LogP contribution is 2.40. The highest BCUT2D eigenvalue weighted by atomic mass is 28.4. The van der Waals surface area contributed by atoms with Crippen molar-refractivity contribution in [3.05, 3.63) is 113 Å². The zero-order valence-electron chi connectivity index (χ0n) is 26.7. The predicted molar refractivity (Wildman–Crippen MR) is 182 cm³/mol. The van der Waals surface area contributed by atoms with E-state index in [9.17, 15) is 9.59 Å². The first-order chi connectivity index (χ1) is 21.6. The predicted octanol–water partition coefficient (Wildman–Crippen LogP) is 5.75. The van der Waals surface area contributed by atoms with Crippen LogP contribution in [0.15, 0.2) is 96.1 Å². The molecule has 45 heavy (non-hydrogen) atoms. The zero-order valence-corrected chi connectivity index (χ0v) is 27.7. The smallest absolute Gasteiger partial charge is 0.262 e. The zero-order chi connectivity index (χ0) is 31.8. The summed E-state index contributed by atoms with van der Waals surface area (Å²) in [6.07, 6.45) is 6.91. The van der Waals surface area contributed by atoms with Gasteiger partial charge in [0.1, 0.15) is 17.0 Å². The Hall–Kier alpha value is -4.34. The van der Waals surface area contributed by atoms with Crippen LogP contribution >= 0.6 is 0 Å². The molecule has 3 aromatic heterocycles. The molecule has 5 aromatic rings. The molecule has 6 rings (SSSR count). The van der Waals surface area contributed by atoms with Gasteiger partial charge in [0.15, 0.2) is 0 Å². The minimum Gasteiger partial charge on any atom is -0.404 e. The van der Waals surface area contributed by atoms with Crippen LogP contribution in [0.2, 0.25) is 5.04 Å².